The molecule has 0 fully saturated rings. The van der Waals surface area contributed by atoms with Gasteiger partial charge in [0, 0.05) is 13.1 Å². The van der Waals surface area contributed by atoms with Gasteiger partial charge in [0.2, 0.25) is 5.91 Å². The number of carbonyl (C=O) groups is 1. The number of halogens is 1. The Kier molecular flexibility index (Phi) is 7.88. The zero-order valence-corrected chi connectivity index (χ0v) is 14.3. The monoisotopic (exact) mass is 404 g/mol. The number of amides is 1. The number of rotatable bonds is 5. The van der Waals surface area contributed by atoms with E-state index in [1.54, 1.807) is 19.4 Å². The van der Waals surface area contributed by atoms with Crippen LogP contribution in [0.2, 0.25) is 0 Å². The quantitative estimate of drug-likeness (QED) is 0.300. The maximum atomic E-state index is 11.7. The molecule has 0 aromatic carbocycles. The lowest BCUT2D eigenvalue weighted by atomic mass is 10.2. The number of hydrogen-bond donors (Lipinski definition) is 3. The van der Waals surface area contributed by atoms with Crippen molar-refractivity contribution >= 4 is 35.8 Å². The molecule has 0 unspecified atom stereocenters. The predicted octanol–water partition coefficient (Wildman–Crippen LogP) is 1.40. The van der Waals surface area contributed by atoms with Crippen LogP contribution < -0.4 is 16.0 Å². The summed E-state index contributed by atoms with van der Waals surface area (Å²) in [6.07, 6.45) is 7.85. The predicted molar refractivity (Wildman–Crippen MR) is 92.6 cm³/mol. The van der Waals surface area contributed by atoms with Crippen LogP contribution in [0.25, 0.3) is 0 Å². The minimum absolute atomic E-state index is 0. The first-order valence-electron chi connectivity index (χ1n) is 6.69. The number of carbonyl (C=O) groups excluding carboxylic acids is 1. The highest BCUT2D eigenvalue weighted by atomic mass is 127. The fourth-order valence-corrected chi connectivity index (χ4v) is 1.95. The molecule has 1 aliphatic rings. The van der Waals surface area contributed by atoms with Gasteiger partial charge in [-0.25, -0.2) is 0 Å². The van der Waals surface area contributed by atoms with Crippen molar-refractivity contribution < 1.29 is 9.21 Å². The summed E-state index contributed by atoms with van der Waals surface area (Å²) in [5, 5.41) is 9.03. The van der Waals surface area contributed by atoms with E-state index in [0.29, 0.717) is 18.5 Å². The van der Waals surface area contributed by atoms with Gasteiger partial charge in [-0.1, -0.05) is 12.2 Å². The highest BCUT2D eigenvalue weighted by Gasteiger charge is 2.12. The van der Waals surface area contributed by atoms with Gasteiger partial charge in [0.25, 0.3) is 0 Å². The summed E-state index contributed by atoms with van der Waals surface area (Å²) in [6, 6.07) is 3.98. The second kappa shape index (κ2) is 9.43. The molecular weight excluding hydrogens is 383 g/mol. The van der Waals surface area contributed by atoms with Crippen molar-refractivity contribution in [2.75, 3.05) is 13.6 Å². The second-order valence-electron chi connectivity index (χ2n) is 4.57. The molecular formula is C14H21IN4O2. The molecule has 2 rings (SSSR count). The van der Waals surface area contributed by atoms with Crippen LogP contribution in [0.1, 0.15) is 18.6 Å². The first-order chi connectivity index (χ1) is 9.78. The maximum Gasteiger partial charge on any atom is 0.239 e. The van der Waals surface area contributed by atoms with E-state index in [1.165, 1.54) is 0 Å². The van der Waals surface area contributed by atoms with E-state index < -0.39 is 0 Å². The minimum Gasteiger partial charge on any atom is -0.467 e. The highest BCUT2D eigenvalue weighted by Crippen LogP contribution is 2.08. The minimum atomic E-state index is -0.103. The van der Waals surface area contributed by atoms with Crippen LogP contribution in [0, 0.1) is 0 Å². The summed E-state index contributed by atoms with van der Waals surface area (Å²) < 4.78 is 5.14. The number of aliphatic imine (C=N–C) groups is 1. The molecule has 1 heterocycles. The van der Waals surface area contributed by atoms with E-state index >= 15 is 0 Å². The molecule has 116 valence electrons. The smallest absolute Gasteiger partial charge is 0.239 e. The van der Waals surface area contributed by atoms with Crippen LogP contribution in [-0.2, 0) is 11.3 Å². The molecule has 1 aromatic rings. The van der Waals surface area contributed by atoms with Crippen LogP contribution in [-0.4, -0.2) is 31.5 Å². The summed E-state index contributed by atoms with van der Waals surface area (Å²) in [4.78, 5) is 15.8. The molecule has 0 saturated heterocycles. The van der Waals surface area contributed by atoms with E-state index in [2.05, 4.69) is 33.1 Å². The summed E-state index contributed by atoms with van der Waals surface area (Å²) in [5.41, 5.74) is 0. The molecule has 7 heteroatoms. The lowest BCUT2D eigenvalue weighted by Gasteiger charge is -2.16. The van der Waals surface area contributed by atoms with Gasteiger partial charge in [0.05, 0.1) is 19.4 Å². The Morgan fingerprint density at radius 1 is 1.38 bits per heavy atom. The molecule has 1 amide bonds. The first kappa shape index (κ1) is 17.5. The summed E-state index contributed by atoms with van der Waals surface area (Å²) in [6.45, 7) is 0.576. The second-order valence-corrected chi connectivity index (χ2v) is 4.57. The Morgan fingerprint density at radius 3 is 2.76 bits per heavy atom. The van der Waals surface area contributed by atoms with Gasteiger partial charge in [-0.05, 0) is 25.0 Å². The van der Waals surface area contributed by atoms with E-state index in [4.69, 9.17) is 4.42 Å². The average Bonchev–Trinajstić information content (AvgIpc) is 3.14. The highest BCUT2D eigenvalue weighted by molar-refractivity contribution is 14.0. The van der Waals surface area contributed by atoms with Gasteiger partial charge >= 0.3 is 0 Å². The van der Waals surface area contributed by atoms with Crippen molar-refractivity contribution in [2.24, 2.45) is 4.99 Å². The van der Waals surface area contributed by atoms with Gasteiger partial charge in [0.15, 0.2) is 5.96 Å². The van der Waals surface area contributed by atoms with E-state index in [9.17, 15) is 4.79 Å². The molecule has 0 atom stereocenters. The van der Waals surface area contributed by atoms with Gasteiger partial charge in [-0.3, -0.25) is 9.79 Å². The van der Waals surface area contributed by atoms with Crippen LogP contribution in [0.15, 0.2) is 40.0 Å². The normalized spacial score (nSPS) is 14.6. The van der Waals surface area contributed by atoms with E-state index in [0.717, 1.165) is 18.6 Å². The SMILES string of the molecule is CN=C(NCC(=O)NCc1ccco1)NC1CC=CC1.I. The zero-order valence-electron chi connectivity index (χ0n) is 12.0. The van der Waals surface area contributed by atoms with Crippen molar-refractivity contribution in [3.05, 3.63) is 36.3 Å². The van der Waals surface area contributed by atoms with Crippen molar-refractivity contribution in [2.45, 2.75) is 25.4 Å². The average molecular weight is 404 g/mol. The zero-order chi connectivity index (χ0) is 14.2. The third-order valence-corrected chi connectivity index (χ3v) is 3.03. The molecule has 0 saturated carbocycles. The standard InChI is InChI=1S/C14H20N4O2.HI/c1-15-14(18-11-5-2-3-6-11)17-10-13(19)16-9-12-7-4-8-20-12;/h2-4,7-8,11H,5-6,9-10H2,1H3,(H,16,19)(H2,15,17,18);1H. The number of hydrogen-bond acceptors (Lipinski definition) is 3. The lowest BCUT2D eigenvalue weighted by molar-refractivity contribution is -0.120. The van der Waals surface area contributed by atoms with Crippen molar-refractivity contribution in [1.82, 2.24) is 16.0 Å². The fourth-order valence-electron chi connectivity index (χ4n) is 1.95. The topological polar surface area (TPSA) is 78.7 Å². The Morgan fingerprint density at radius 2 is 2.14 bits per heavy atom. The van der Waals surface area contributed by atoms with Gasteiger partial charge in [-0.15, -0.1) is 24.0 Å². The number of guanidine groups is 1. The number of furan rings is 1. The fraction of sp³-hybridized carbons (Fsp3) is 0.429. The van der Waals surface area contributed by atoms with E-state index in [-0.39, 0.29) is 36.4 Å². The Bertz CT molecular complexity index is 477. The van der Waals surface area contributed by atoms with Gasteiger partial charge in [-0.2, -0.15) is 0 Å². The van der Waals surface area contributed by atoms with Crippen molar-refractivity contribution in [1.29, 1.82) is 0 Å². The summed E-state index contributed by atoms with van der Waals surface area (Å²) in [5.74, 6) is 1.28. The molecule has 3 N–H and O–H groups in total. The Balaban J connectivity index is 0.00000220. The Labute approximate surface area is 141 Å². The molecule has 0 aliphatic heterocycles. The van der Waals surface area contributed by atoms with E-state index in [1.807, 2.05) is 6.07 Å². The molecule has 0 bridgehead atoms. The molecule has 1 aromatic heterocycles. The van der Waals surface area contributed by atoms with Crippen LogP contribution in [0.4, 0.5) is 0 Å². The molecule has 6 nitrogen and oxygen atoms in total. The molecule has 0 radical (unpaired) electrons. The van der Waals surface area contributed by atoms with Crippen LogP contribution in [0.5, 0.6) is 0 Å². The molecule has 0 spiro atoms. The van der Waals surface area contributed by atoms with Crippen LogP contribution in [0.3, 0.4) is 0 Å². The molecule has 21 heavy (non-hydrogen) atoms. The van der Waals surface area contributed by atoms with Gasteiger partial charge in [0.1, 0.15) is 5.76 Å². The lowest BCUT2D eigenvalue weighted by Crippen LogP contribution is -2.46. The van der Waals surface area contributed by atoms with Crippen molar-refractivity contribution in [3.8, 4) is 0 Å². The summed E-state index contributed by atoms with van der Waals surface area (Å²) in [7, 11) is 1.69. The third-order valence-electron chi connectivity index (χ3n) is 3.03. The van der Waals surface area contributed by atoms with Gasteiger partial charge < -0.3 is 20.4 Å². The third kappa shape index (κ3) is 6.19. The number of nitrogens with one attached hydrogen (secondary N) is 3. The number of nitrogens with zero attached hydrogens (tertiary/aromatic N) is 1. The van der Waals surface area contributed by atoms with Crippen LogP contribution >= 0.6 is 24.0 Å². The first-order valence-corrected chi connectivity index (χ1v) is 6.69. The molecule has 1 aliphatic carbocycles. The van der Waals surface area contributed by atoms with Crippen molar-refractivity contribution in [3.63, 3.8) is 0 Å². The summed E-state index contributed by atoms with van der Waals surface area (Å²) >= 11 is 0. The largest absolute Gasteiger partial charge is 0.467 e. The Hall–Kier alpha value is -1.51. The maximum absolute atomic E-state index is 11.7.